The van der Waals surface area contributed by atoms with E-state index in [9.17, 15) is 15.0 Å². The minimum absolute atomic E-state index is 0.304. The van der Waals surface area contributed by atoms with Crippen LogP contribution in [0.2, 0.25) is 0 Å². The summed E-state index contributed by atoms with van der Waals surface area (Å²) in [6, 6.07) is 19.8. The van der Waals surface area contributed by atoms with E-state index < -0.39 is 30.2 Å². The van der Waals surface area contributed by atoms with E-state index >= 15 is 0 Å². The summed E-state index contributed by atoms with van der Waals surface area (Å²) in [5, 5.41) is 24.7. The zero-order valence-electron chi connectivity index (χ0n) is 24.0. The molecule has 1 amide bonds. The first-order chi connectivity index (χ1) is 20.1. The van der Waals surface area contributed by atoms with Crippen LogP contribution in [0.4, 0.5) is 5.69 Å². The van der Waals surface area contributed by atoms with Crippen LogP contribution in [-0.2, 0) is 9.47 Å². The monoisotopic (exact) mass is 574 g/mol. The summed E-state index contributed by atoms with van der Waals surface area (Å²) in [5.41, 5.74) is 2.29. The standard InChI is InChI=1S/C32H34N2O8/c1-32(2)29(40-5)27(35)28(36)31(42-32)41-23-11-9-19-13-21(17-33-25(19)16-23)34-30(37)20-10-12-26(39-4)24(15-20)18-7-6-8-22(14-18)38-3/h6-17,27-29,31,35-36H,1-5H3,(H,34,37)/t27?,28?,29?,31-/m1/s1. The van der Waals surface area contributed by atoms with Crippen molar-refractivity contribution in [1.29, 1.82) is 0 Å². The highest BCUT2D eigenvalue weighted by Crippen LogP contribution is 2.35. The first-order valence-electron chi connectivity index (χ1n) is 13.4. The summed E-state index contributed by atoms with van der Waals surface area (Å²) >= 11 is 0. The lowest BCUT2D eigenvalue weighted by Crippen LogP contribution is -2.63. The maximum atomic E-state index is 13.2. The smallest absolute Gasteiger partial charge is 0.255 e. The third-order valence-corrected chi connectivity index (χ3v) is 7.31. The van der Waals surface area contributed by atoms with E-state index in [0.29, 0.717) is 34.0 Å². The lowest BCUT2D eigenvalue weighted by atomic mass is 9.89. The fourth-order valence-corrected chi connectivity index (χ4v) is 5.15. The number of carbonyl (C=O) groups excluding carboxylic acids is 1. The van der Waals surface area contributed by atoms with Crippen LogP contribution in [0.3, 0.4) is 0 Å². The molecule has 5 rings (SSSR count). The van der Waals surface area contributed by atoms with Crippen molar-refractivity contribution in [2.75, 3.05) is 26.6 Å². The zero-order valence-corrected chi connectivity index (χ0v) is 24.0. The number of nitrogens with zero attached hydrogens (tertiary/aromatic N) is 1. The topological polar surface area (TPSA) is 129 Å². The lowest BCUT2D eigenvalue weighted by molar-refractivity contribution is -0.305. The van der Waals surface area contributed by atoms with Crippen LogP contribution < -0.4 is 19.5 Å². The number of hydrogen-bond acceptors (Lipinski definition) is 9. The van der Waals surface area contributed by atoms with Crippen molar-refractivity contribution in [3.63, 3.8) is 0 Å². The van der Waals surface area contributed by atoms with Crippen LogP contribution in [0.15, 0.2) is 72.9 Å². The van der Waals surface area contributed by atoms with Gasteiger partial charge in [0.25, 0.3) is 5.91 Å². The van der Waals surface area contributed by atoms with Gasteiger partial charge < -0.3 is 39.2 Å². The predicted octanol–water partition coefficient (Wildman–Crippen LogP) is 4.42. The first kappa shape index (κ1) is 29.3. The van der Waals surface area contributed by atoms with E-state index in [2.05, 4.69) is 10.3 Å². The molecule has 10 nitrogen and oxygen atoms in total. The molecule has 220 valence electrons. The van der Waals surface area contributed by atoms with Gasteiger partial charge in [-0.3, -0.25) is 9.78 Å². The zero-order chi connectivity index (χ0) is 30.0. The van der Waals surface area contributed by atoms with Gasteiger partial charge in [-0.2, -0.15) is 0 Å². The van der Waals surface area contributed by atoms with Crippen LogP contribution in [0.25, 0.3) is 22.0 Å². The van der Waals surface area contributed by atoms with E-state index in [1.807, 2.05) is 24.3 Å². The van der Waals surface area contributed by atoms with Crippen LogP contribution in [0.5, 0.6) is 17.2 Å². The van der Waals surface area contributed by atoms with Gasteiger partial charge in [0, 0.05) is 29.7 Å². The number of benzene rings is 3. The second-order valence-electron chi connectivity index (χ2n) is 10.5. The number of carbonyl (C=O) groups is 1. The van der Waals surface area contributed by atoms with Gasteiger partial charge in [0.05, 0.1) is 37.2 Å². The van der Waals surface area contributed by atoms with E-state index in [1.54, 1.807) is 76.7 Å². The van der Waals surface area contributed by atoms with Crippen molar-refractivity contribution in [1.82, 2.24) is 4.98 Å². The van der Waals surface area contributed by atoms with E-state index in [4.69, 9.17) is 23.7 Å². The molecule has 0 radical (unpaired) electrons. The van der Waals surface area contributed by atoms with Gasteiger partial charge in [-0.05, 0) is 67.9 Å². The Kier molecular flexibility index (Phi) is 8.33. The molecule has 1 fully saturated rings. The third kappa shape index (κ3) is 5.88. The molecule has 1 aliphatic rings. The number of rotatable bonds is 8. The average Bonchev–Trinajstić information content (AvgIpc) is 2.99. The van der Waals surface area contributed by atoms with Gasteiger partial charge in [-0.25, -0.2) is 0 Å². The Labute approximate surface area is 243 Å². The Balaban J connectivity index is 1.32. The van der Waals surface area contributed by atoms with Crippen LogP contribution in [0, 0.1) is 0 Å². The maximum Gasteiger partial charge on any atom is 0.255 e. The van der Waals surface area contributed by atoms with E-state index in [0.717, 1.165) is 16.5 Å². The second-order valence-corrected chi connectivity index (χ2v) is 10.5. The first-order valence-corrected chi connectivity index (χ1v) is 13.4. The van der Waals surface area contributed by atoms with Gasteiger partial charge in [0.2, 0.25) is 6.29 Å². The molecule has 2 heterocycles. The van der Waals surface area contributed by atoms with E-state index in [1.165, 1.54) is 7.11 Å². The molecular formula is C32H34N2O8. The number of anilines is 1. The third-order valence-electron chi connectivity index (χ3n) is 7.31. The highest BCUT2D eigenvalue weighted by molar-refractivity contribution is 6.06. The minimum atomic E-state index is -1.31. The Morgan fingerprint density at radius 1 is 0.929 bits per heavy atom. The highest BCUT2D eigenvalue weighted by atomic mass is 16.7. The van der Waals surface area contributed by atoms with Crippen molar-refractivity contribution >= 4 is 22.5 Å². The lowest BCUT2D eigenvalue weighted by Gasteiger charge is -2.46. The molecule has 1 saturated heterocycles. The molecule has 0 aliphatic carbocycles. The fourth-order valence-electron chi connectivity index (χ4n) is 5.15. The fraction of sp³-hybridized carbons (Fsp3) is 0.312. The molecule has 1 aliphatic heterocycles. The number of fused-ring (bicyclic) bond motifs is 1. The summed E-state index contributed by atoms with van der Waals surface area (Å²) in [7, 11) is 4.64. The number of nitrogens with one attached hydrogen (secondary N) is 1. The molecule has 0 bridgehead atoms. The van der Waals surface area contributed by atoms with Crippen LogP contribution in [-0.4, -0.2) is 72.6 Å². The number of methoxy groups -OCH3 is 3. The van der Waals surface area contributed by atoms with Crippen molar-refractivity contribution in [3.05, 3.63) is 78.5 Å². The predicted molar refractivity (Wildman–Crippen MR) is 157 cm³/mol. The number of aliphatic hydroxyl groups is 2. The Morgan fingerprint density at radius 3 is 2.48 bits per heavy atom. The summed E-state index contributed by atoms with van der Waals surface area (Å²) in [6.07, 6.45) is -2.77. The van der Waals surface area contributed by atoms with Crippen molar-refractivity contribution < 1.29 is 38.7 Å². The largest absolute Gasteiger partial charge is 0.497 e. The SMILES string of the molecule is COc1cccc(-c2cc(C(=O)Nc3cnc4cc(O[C@@H]5OC(C)(C)C(OC)C(O)C5O)ccc4c3)ccc2OC)c1. The van der Waals surface area contributed by atoms with Crippen LogP contribution >= 0.6 is 0 Å². The second kappa shape index (κ2) is 11.9. The van der Waals surface area contributed by atoms with Gasteiger partial charge in [0.15, 0.2) is 0 Å². The summed E-state index contributed by atoms with van der Waals surface area (Å²) in [4.78, 5) is 17.7. The van der Waals surface area contributed by atoms with Gasteiger partial charge in [-0.1, -0.05) is 12.1 Å². The number of aliphatic hydroxyl groups excluding tert-OH is 2. The molecule has 4 aromatic rings. The molecule has 10 heteroatoms. The number of hydrogen-bond donors (Lipinski definition) is 3. The normalized spacial score (nSPS) is 21.5. The quantitative estimate of drug-likeness (QED) is 0.280. The minimum Gasteiger partial charge on any atom is -0.497 e. The van der Waals surface area contributed by atoms with Gasteiger partial charge >= 0.3 is 0 Å². The van der Waals surface area contributed by atoms with Crippen molar-refractivity contribution in [2.24, 2.45) is 0 Å². The Morgan fingerprint density at radius 2 is 1.74 bits per heavy atom. The summed E-state index contributed by atoms with van der Waals surface area (Å²) < 4.78 is 28.0. The molecule has 3 N–H and O–H groups in total. The number of ether oxygens (including phenoxy) is 5. The molecule has 3 aromatic carbocycles. The van der Waals surface area contributed by atoms with Gasteiger partial charge in [-0.15, -0.1) is 0 Å². The Bertz CT molecular complexity index is 1590. The van der Waals surface area contributed by atoms with E-state index in [-0.39, 0.29) is 5.91 Å². The molecule has 1 aromatic heterocycles. The van der Waals surface area contributed by atoms with Crippen molar-refractivity contribution in [3.8, 4) is 28.4 Å². The maximum absolute atomic E-state index is 13.2. The molecule has 3 unspecified atom stereocenters. The highest BCUT2D eigenvalue weighted by Gasteiger charge is 2.50. The van der Waals surface area contributed by atoms with Crippen LogP contribution in [0.1, 0.15) is 24.2 Å². The molecule has 0 spiro atoms. The molecule has 4 atom stereocenters. The summed E-state index contributed by atoms with van der Waals surface area (Å²) in [5.74, 6) is 1.43. The van der Waals surface area contributed by atoms with Crippen molar-refractivity contribution in [2.45, 2.75) is 44.1 Å². The molecular weight excluding hydrogens is 540 g/mol. The summed E-state index contributed by atoms with van der Waals surface area (Å²) in [6.45, 7) is 3.52. The van der Waals surface area contributed by atoms with Gasteiger partial charge in [0.1, 0.15) is 35.6 Å². The average molecular weight is 575 g/mol. The number of amides is 1. The molecule has 0 saturated carbocycles. The number of pyridine rings is 1. The Hall–Kier alpha value is -4.22. The number of aromatic nitrogens is 1. The molecule has 42 heavy (non-hydrogen) atoms.